The molecule has 6 nitrogen and oxygen atoms in total. The molecule has 22 heavy (non-hydrogen) atoms. The third-order valence-electron chi connectivity index (χ3n) is 4.08. The average Bonchev–Trinajstić information content (AvgIpc) is 3.14. The van der Waals surface area contributed by atoms with E-state index in [1.165, 1.54) is 11.1 Å². The maximum atomic E-state index is 4.69. The number of fused-ring (bicyclic) bond motifs is 1. The lowest BCUT2D eigenvalue weighted by Crippen LogP contribution is -2.19. The predicted octanol–water partition coefficient (Wildman–Crippen LogP) is 2.12. The Hall–Kier alpha value is -2.21. The summed E-state index contributed by atoms with van der Waals surface area (Å²) in [6.45, 7) is 8.82. The van der Waals surface area contributed by atoms with Crippen molar-refractivity contribution in [1.29, 1.82) is 0 Å². The fourth-order valence-electron chi connectivity index (χ4n) is 2.59. The van der Waals surface area contributed by atoms with Crippen LogP contribution in [-0.2, 0) is 19.5 Å². The van der Waals surface area contributed by atoms with Gasteiger partial charge in [0.15, 0.2) is 0 Å². The number of benzene rings is 1. The first kappa shape index (κ1) is 14.7. The van der Waals surface area contributed by atoms with Gasteiger partial charge in [0.2, 0.25) is 0 Å². The van der Waals surface area contributed by atoms with Crippen molar-refractivity contribution in [1.82, 2.24) is 30.0 Å². The molecular formula is C16H22N6. The van der Waals surface area contributed by atoms with Crippen LogP contribution < -0.4 is 5.32 Å². The highest BCUT2D eigenvalue weighted by atomic mass is 15.3. The van der Waals surface area contributed by atoms with E-state index in [0.29, 0.717) is 0 Å². The molecule has 6 heteroatoms. The molecule has 0 unspecified atom stereocenters. The molecule has 2 heterocycles. The number of aromatic nitrogens is 5. The number of hydrogen-bond donors (Lipinski definition) is 2. The Kier molecular flexibility index (Phi) is 4.20. The van der Waals surface area contributed by atoms with Crippen molar-refractivity contribution >= 4 is 11.0 Å². The minimum absolute atomic E-state index is 0.730. The van der Waals surface area contributed by atoms with Crippen LogP contribution in [0.5, 0.6) is 0 Å². The summed E-state index contributed by atoms with van der Waals surface area (Å²) in [5.41, 5.74) is 4.70. The molecule has 0 bridgehead atoms. The van der Waals surface area contributed by atoms with Crippen molar-refractivity contribution in [3.63, 3.8) is 0 Å². The summed E-state index contributed by atoms with van der Waals surface area (Å²) in [7, 11) is 0. The van der Waals surface area contributed by atoms with Gasteiger partial charge in [0.1, 0.15) is 18.0 Å². The molecule has 0 aliphatic heterocycles. The van der Waals surface area contributed by atoms with Crippen molar-refractivity contribution in [3.8, 4) is 0 Å². The van der Waals surface area contributed by atoms with E-state index in [9.17, 15) is 0 Å². The van der Waals surface area contributed by atoms with Gasteiger partial charge >= 0.3 is 0 Å². The van der Waals surface area contributed by atoms with Crippen LogP contribution in [0.25, 0.3) is 11.0 Å². The minimum atomic E-state index is 0.730. The zero-order valence-electron chi connectivity index (χ0n) is 13.3. The number of nitrogens with zero attached hydrogens (tertiary/aromatic N) is 4. The van der Waals surface area contributed by atoms with Crippen molar-refractivity contribution in [2.45, 2.75) is 40.3 Å². The number of hydrogen-bond acceptors (Lipinski definition) is 4. The van der Waals surface area contributed by atoms with Crippen LogP contribution in [-0.4, -0.2) is 31.3 Å². The lowest BCUT2D eigenvalue weighted by molar-refractivity contribution is 0.623. The smallest absolute Gasteiger partial charge is 0.134 e. The van der Waals surface area contributed by atoms with E-state index in [2.05, 4.69) is 58.0 Å². The molecule has 3 aromatic rings. The van der Waals surface area contributed by atoms with E-state index in [0.717, 1.165) is 48.7 Å². The van der Waals surface area contributed by atoms with Gasteiger partial charge in [0.05, 0.1) is 17.6 Å². The Morgan fingerprint density at radius 3 is 2.95 bits per heavy atom. The Labute approximate surface area is 130 Å². The monoisotopic (exact) mass is 298 g/mol. The van der Waals surface area contributed by atoms with E-state index < -0.39 is 0 Å². The first-order valence-corrected chi connectivity index (χ1v) is 7.71. The van der Waals surface area contributed by atoms with Crippen LogP contribution in [0.15, 0.2) is 18.5 Å². The van der Waals surface area contributed by atoms with Crippen molar-refractivity contribution < 1.29 is 0 Å². The number of aryl methyl sites for hydroxylation is 3. The molecule has 2 N–H and O–H groups in total. The first-order chi connectivity index (χ1) is 10.7. The maximum absolute atomic E-state index is 4.69. The van der Waals surface area contributed by atoms with Crippen molar-refractivity contribution in [3.05, 3.63) is 41.2 Å². The maximum Gasteiger partial charge on any atom is 0.134 e. The van der Waals surface area contributed by atoms with Gasteiger partial charge in [-0.1, -0.05) is 6.07 Å². The molecule has 0 fully saturated rings. The molecule has 0 atom stereocenters. The standard InChI is InChI=1S/C16H22N6/c1-4-22-10-18-21-15(22)7-8-17-9-14-19-13-6-5-11(2)12(3)16(13)20-14/h5-6,10,17H,4,7-9H2,1-3H3,(H,19,20). The molecule has 0 aliphatic carbocycles. The zero-order chi connectivity index (χ0) is 15.5. The fourth-order valence-corrected chi connectivity index (χ4v) is 2.59. The summed E-state index contributed by atoms with van der Waals surface area (Å²) in [6, 6.07) is 4.22. The lowest BCUT2D eigenvalue weighted by atomic mass is 10.1. The first-order valence-electron chi connectivity index (χ1n) is 7.71. The highest BCUT2D eigenvalue weighted by molar-refractivity contribution is 5.79. The van der Waals surface area contributed by atoms with Crippen LogP contribution in [0, 0.1) is 13.8 Å². The van der Waals surface area contributed by atoms with Gasteiger partial charge in [-0.05, 0) is 38.0 Å². The summed E-state index contributed by atoms with van der Waals surface area (Å²) in [5, 5.41) is 11.5. The quantitative estimate of drug-likeness (QED) is 0.684. The lowest BCUT2D eigenvalue weighted by Gasteiger charge is -2.04. The second-order valence-electron chi connectivity index (χ2n) is 5.55. The second kappa shape index (κ2) is 6.27. The van der Waals surface area contributed by atoms with Gasteiger partial charge < -0.3 is 14.9 Å². The molecule has 0 saturated carbocycles. The summed E-state index contributed by atoms with van der Waals surface area (Å²) in [5.74, 6) is 1.99. The van der Waals surface area contributed by atoms with Gasteiger partial charge in [-0.15, -0.1) is 10.2 Å². The Balaban J connectivity index is 1.59. The summed E-state index contributed by atoms with van der Waals surface area (Å²) < 4.78 is 2.06. The fraction of sp³-hybridized carbons (Fsp3) is 0.438. The highest BCUT2D eigenvalue weighted by Crippen LogP contribution is 2.19. The van der Waals surface area contributed by atoms with E-state index >= 15 is 0 Å². The average molecular weight is 298 g/mol. The number of H-pyrrole nitrogens is 1. The third-order valence-corrected chi connectivity index (χ3v) is 4.08. The molecule has 2 aromatic heterocycles. The normalized spacial score (nSPS) is 11.4. The van der Waals surface area contributed by atoms with Crippen LogP contribution in [0.2, 0.25) is 0 Å². The van der Waals surface area contributed by atoms with Crippen LogP contribution in [0.1, 0.15) is 29.7 Å². The Morgan fingerprint density at radius 1 is 1.27 bits per heavy atom. The molecule has 0 spiro atoms. The van der Waals surface area contributed by atoms with Crippen LogP contribution in [0.3, 0.4) is 0 Å². The summed E-state index contributed by atoms with van der Waals surface area (Å²) in [6.07, 6.45) is 2.64. The minimum Gasteiger partial charge on any atom is -0.341 e. The molecule has 0 amide bonds. The van der Waals surface area contributed by atoms with Gasteiger partial charge in [-0.2, -0.15) is 0 Å². The third kappa shape index (κ3) is 2.87. The number of rotatable bonds is 6. The number of imidazole rings is 1. The highest BCUT2D eigenvalue weighted by Gasteiger charge is 2.07. The Morgan fingerprint density at radius 2 is 2.14 bits per heavy atom. The van der Waals surface area contributed by atoms with Crippen molar-refractivity contribution in [2.24, 2.45) is 0 Å². The second-order valence-corrected chi connectivity index (χ2v) is 5.55. The van der Waals surface area contributed by atoms with E-state index in [1.54, 1.807) is 6.33 Å². The molecule has 0 aliphatic rings. The Bertz CT molecular complexity index is 770. The summed E-state index contributed by atoms with van der Waals surface area (Å²) in [4.78, 5) is 8.06. The van der Waals surface area contributed by atoms with Gasteiger partial charge in [0, 0.05) is 19.5 Å². The van der Waals surface area contributed by atoms with Gasteiger partial charge in [0.25, 0.3) is 0 Å². The topological polar surface area (TPSA) is 71.4 Å². The molecule has 0 saturated heterocycles. The summed E-state index contributed by atoms with van der Waals surface area (Å²) >= 11 is 0. The molecule has 0 radical (unpaired) electrons. The number of nitrogens with one attached hydrogen (secondary N) is 2. The van der Waals surface area contributed by atoms with E-state index in [-0.39, 0.29) is 0 Å². The largest absolute Gasteiger partial charge is 0.341 e. The molecule has 1 aromatic carbocycles. The predicted molar refractivity (Wildman–Crippen MR) is 86.7 cm³/mol. The SMILES string of the molecule is CCn1cnnc1CCNCc1nc2c(C)c(C)ccc2[nH]1. The van der Waals surface area contributed by atoms with Gasteiger partial charge in [-0.25, -0.2) is 4.98 Å². The van der Waals surface area contributed by atoms with E-state index in [1.807, 2.05) is 0 Å². The van der Waals surface area contributed by atoms with E-state index in [4.69, 9.17) is 4.98 Å². The van der Waals surface area contributed by atoms with Crippen LogP contribution >= 0.6 is 0 Å². The number of aromatic amines is 1. The van der Waals surface area contributed by atoms with Crippen LogP contribution in [0.4, 0.5) is 0 Å². The molecular weight excluding hydrogens is 276 g/mol. The van der Waals surface area contributed by atoms with Crippen molar-refractivity contribution in [2.75, 3.05) is 6.54 Å². The van der Waals surface area contributed by atoms with Gasteiger partial charge in [-0.3, -0.25) is 0 Å². The molecule has 3 rings (SSSR count). The molecule has 116 valence electrons. The zero-order valence-corrected chi connectivity index (χ0v) is 13.3.